The van der Waals surface area contributed by atoms with Crippen LogP contribution in [0.1, 0.15) is 28.8 Å². The third-order valence-corrected chi connectivity index (χ3v) is 6.04. The van der Waals surface area contributed by atoms with Crippen molar-refractivity contribution < 1.29 is 4.79 Å². The first kappa shape index (κ1) is 18.1. The van der Waals surface area contributed by atoms with E-state index in [0.717, 1.165) is 43.9 Å². The highest BCUT2D eigenvalue weighted by Gasteiger charge is 2.37. The van der Waals surface area contributed by atoms with Crippen LogP contribution in [0, 0.1) is 5.92 Å². The Balaban J connectivity index is 1.34. The van der Waals surface area contributed by atoms with Crippen LogP contribution in [0.25, 0.3) is 5.69 Å². The van der Waals surface area contributed by atoms with Crippen LogP contribution in [0.3, 0.4) is 0 Å². The van der Waals surface area contributed by atoms with Gasteiger partial charge in [-0.1, -0.05) is 12.1 Å². The maximum absolute atomic E-state index is 13.4. The van der Waals surface area contributed by atoms with E-state index in [4.69, 9.17) is 0 Å². The summed E-state index contributed by atoms with van der Waals surface area (Å²) in [6.07, 6.45) is 9.68. The fourth-order valence-corrected chi connectivity index (χ4v) is 4.68. The Kier molecular flexibility index (Phi) is 4.86. The van der Waals surface area contributed by atoms with Gasteiger partial charge in [0.1, 0.15) is 0 Å². The van der Waals surface area contributed by atoms with Crippen molar-refractivity contribution in [2.45, 2.75) is 25.4 Å². The molecule has 2 unspecified atom stereocenters. The third-order valence-electron chi connectivity index (χ3n) is 6.04. The number of carbonyl (C=O) groups is 1. The number of piperidine rings is 1. The maximum atomic E-state index is 13.4. The number of pyridine rings is 1. The molecule has 0 N–H and O–H groups in total. The average molecular weight is 387 g/mol. The summed E-state index contributed by atoms with van der Waals surface area (Å²) in [5.74, 6) is 0.667. The molecule has 6 heteroatoms. The van der Waals surface area contributed by atoms with Crippen molar-refractivity contribution in [2.24, 2.45) is 5.92 Å². The molecule has 2 aromatic heterocycles. The molecule has 29 heavy (non-hydrogen) atoms. The second-order valence-corrected chi connectivity index (χ2v) is 8.11. The van der Waals surface area contributed by atoms with Crippen molar-refractivity contribution in [3.63, 3.8) is 0 Å². The zero-order valence-corrected chi connectivity index (χ0v) is 16.4. The van der Waals surface area contributed by atoms with Gasteiger partial charge >= 0.3 is 0 Å². The summed E-state index contributed by atoms with van der Waals surface area (Å²) in [5, 5.41) is 4.28. The molecule has 3 aromatic rings. The number of nitrogens with zero attached hydrogens (tertiary/aromatic N) is 5. The molecule has 0 radical (unpaired) electrons. The van der Waals surface area contributed by atoms with Crippen molar-refractivity contribution in [1.29, 1.82) is 0 Å². The lowest BCUT2D eigenvalue weighted by molar-refractivity contribution is 0.0585. The van der Waals surface area contributed by atoms with Crippen LogP contribution in [0.2, 0.25) is 0 Å². The summed E-state index contributed by atoms with van der Waals surface area (Å²) in [7, 11) is 0. The van der Waals surface area contributed by atoms with E-state index in [1.165, 1.54) is 12.0 Å². The Morgan fingerprint density at radius 2 is 2.00 bits per heavy atom. The molecule has 3 saturated heterocycles. The van der Waals surface area contributed by atoms with Gasteiger partial charge in [0, 0.05) is 62.6 Å². The van der Waals surface area contributed by atoms with Gasteiger partial charge in [0.25, 0.3) is 5.91 Å². The summed E-state index contributed by atoms with van der Waals surface area (Å²) in [4.78, 5) is 22.2. The van der Waals surface area contributed by atoms with Gasteiger partial charge in [-0.2, -0.15) is 5.10 Å². The summed E-state index contributed by atoms with van der Waals surface area (Å²) in [6.45, 7) is 3.72. The molecule has 5 heterocycles. The van der Waals surface area contributed by atoms with E-state index in [1.807, 2.05) is 55.0 Å². The molecular weight excluding hydrogens is 362 g/mol. The Morgan fingerprint density at radius 3 is 2.83 bits per heavy atom. The molecule has 3 aliphatic rings. The van der Waals surface area contributed by atoms with Gasteiger partial charge in [0.2, 0.25) is 0 Å². The van der Waals surface area contributed by atoms with Crippen molar-refractivity contribution in [1.82, 2.24) is 24.6 Å². The second kappa shape index (κ2) is 7.79. The van der Waals surface area contributed by atoms with Gasteiger partial charge in [0.05, 0.1) is 5.69 Å². The normalized spacial score (nSPS) is 21.9. The van der Waals surface area contributed by atoms with Gasteiger partial charge in [-0.25, -0.2) is 4.68 Å². The molecule has 1 amide bonds. The molecule has 0 spiro atoms. The zero-order valence-electron chi connectivity index (χ0n) is 16.4. The number of hydrogen-bond acceptors (Lipinski definition) is 4. The standard InChI is InChI=1S/C23H25N5O/c29-23(20-5-1-6-21(12-20)28-11-3-10-25-28)27-16-19-7-8-22(27)17-26(15-19)14-18-4-2-9-24-13-18/h1-6,9-13,19,22H,7-8,14-17H2. The van der Waals surface area contributed by atoms with Gasteiger partial charge < -0.3 is 4.90 Å². The first-order valence-electron chi connectivity index (χ1n) is 10.3. The minimum atomic E-state index is 0.136. The van der Waals surface area contributed by atoms with Gasteiger partial charge in [0.15, 0.2) is 0 Å². The average Bonchev–Trinajstić information content (AvgIpc) is 3.17. The maximum Gasteiger partial charge on any atom is 0.254 e. The first-order valence-corrected chi connectivity index (χ1v) is 10.3. The summed E-state index contributed by atoms with van der Waals surface area (Å²) >= 11 is 0. The van der Waals surface area contributed by atoms with Crippen molar-refractivity contribution in [3.05, 3.63) is 78.4 Å². The van der Waals surface area contributed by atoms with E-state index in [2.05, 4.69) is 25.9 Å². The molecule has 2 atom stereocenters. The highest BCUT2D eigenvalue weighted by molar-refractivity contribution is 5.95. The topological polar surface area (TPSA) is 54.3 Å². The molecule has 0 saturated carbocycles. The highest BCUT2D eigenvalue weighted by Crippen LogP contribution is 2.30. The summed E-state index contributed by atoms with van der Waals surface area (Å²) < 4.78 is 1.79. The Labute approximate surface area is 170 Å². The van der Waals surface area contributed by atoms with E-state index >= 15 is 0 Å². The van der Waals surface area contributed by atoms with E-state index in [1.54, 1.807) is 10.9 Å². The largest absolute Gasteiger partial charge is 0.334 e. The second-order valence-electron chi connectivity index (χ2n) is 8.11. The van der Waals surface area contributed by atoms with Crippen LogP contribution < -0.4 is 0 Å². The van der Waals surface area contributed by atoms with Crippen LogP contribution >= 0.6 is 0 Å². The molecule has 6 nitrogen and oxygen atoms in total. The van der Waals surface area contributed by atoms with E-state index in [-0.39, 0.29) is 11.9 Å². The van der Waals surface area contributed by atoms with Gasteiger partial charge in [-0.3, -0.25) is 14.7 Å². The lowest BCUT2D eigenvalue weighted by Gasteiger charge is -2.36. The fraction of sp³-hybridized carbons (Fsp3) is 0.348. The Morgan fingerprint density at radius 1 is 1.03 bits per heavy atom. The van der Waals surface area contributed by atoms with Crippen molar-refractivity contribution >= 4 is 5.91 Å². The number of rotatable bonds is 4. The quantitative estimate of drug-likeness (QED) is 0.691. The SMILES string of the molecule is O=C(c1cccc(-n2cccn2)c1)N1CC2CCC1CN(Cc1cccnc1)C2. The first-order chi connectivity index (χ1) is 14.3. The molecule has 3 aliphatic heterocycles. The Bertz CT molecular complexity index is 972. The van der Waals surface area contributed by atoms with Crippen LogP contribution in [0.15, 0.2) is 67.3 Å². The monoisotopic (exact) mass is 387 g/mol. The molecule has 6 rings (SSSR count). The molecule has 148 valence electrons. The predicted molar refractivity (Wildman–Crippen MR) is 111 cm³/mol. The van der Waals surface area contributed by atoms with Crippen molar-refractivity contribution in [2.75, 3.05) is 19.6 Å². The smallest absolute Gasteiger partial charge is 0.254 e. The number of benzene rings is 1. The number of carbonyl (C=O) groups excluding carboxylic acids is 1. The number of aromatic nitrogens is 3. The molecule has 2 bridgehead atoms. The van der Waals surface area contributed by atoms with Gasteiger partial charge in [-0.05, 0) is 54.7 Å². The van der Waals surface area contributed by atoms with E-state index < -0.39 is 0 Å². The minimum absolute atomic E-state index is 0.136. The third kappa shape index (κ3) is 3.80. The molecule has 3 fully saturated rings. The van der Waals surface area contributed by atoms with Crippen LogP contribution in [-0.2, 0) is 6.54 Å². The highest BCUT2D eigenvalue weighted by atomic mass is 16.2. The summed E-state index contributed by atoms with van der Waals surface area (Å²) in [5.41, 5.74) is 2.89. The lowest BCUT2D eigenvalue weighted by Crippen LogP contribution is -2.47. The van der Waals surface area contributed by atoms with Crippen LogP contribution in [0.5, 0.6) is 0 Å². The lowest BCUT2D eigenvalue weighted by atomic mass is 9.94. The number of amides is 1. The van der Waals surface area contributed by atoms with Crippen LogP contribution in [-0.4, -0.2) is 56.1 Å². The Hall–Kier alpha value is -2.99. The zero-order chi connectivity index (χ0) is 19.6. The van der Waals surface area contributed by atoms with Gasteiger partial charge in [-0.15, -0.1) is 0 Å². The van der Waals surface area contributed by atoms with Crippen LogP contribution in [0.4, 0.5) is 0 Å². The molecule has 1 aromatic carbocycles. The predicted octanol–water partition coefficient (Wildman–Crippen LogP) is 3.00. The molecule has 0 aliphatic carbocycles. The number of fused-ring (bicyclic) bond motifs is 4. The van der Waals surface area contributed by atoms with E-state index in [9.17, 15) is 4.79 Å². The summed E-state index contributed by atoms with van der Waals surface area (Å²) in [6, 6.07) is 14.1. The molecular formula is C23H25N5O. The van der Waals surface area contributed by atoms with Crippen molar-refractivity contribution in [3.8, 4) is 5.69 Å². The number of hydrogen-bond donors (Lipinski definition) is 0. The van der Waals surface area contributed by atoms with E-state index in [0.29, 0.717) is 5.92 Å². The fourth-order valence-electron chi connectivity index (χ4n) is 4.68. The minimum Gasteiger partial charge on any atom is -0.334 e.